The maximum atomic E-state index is 4.75. The van der Waals surface area contributed by atoms with Gasteiger partial charge in [0.05, 0.1) is 0 Å². The van der Waals surface area contributed by atoms with E-state index in [0.717, 1.165) is 12.8 Å². The van der Waals surface area contributed by atoms with Gasteiger partial charge < -0.3 is 0 Å². The minimum Gasteiger partial charge on any atom is -0.263 e. The molecule has 0 radical (unpaired) electrons. The molecule has 0 N–H and O–H groups in total. The maximum Gasteiger partial charge on any atom is 0.0363 e. The average Bonchev–Trinajstić information content (AvgIpc) is 2.22. The van der Waals surface area contributed by atoms with Crippen molar-refractivity contribution >= 4 is 5.71 Å². The number of nitrogens with zero attached hydrogens (tertiary/aromatic N) is 1. The van der Waals surface area contributed by atoms with E-state index < -0.39 is 0 Å². The van der Waals surface area contributed by atoms with Crippen LogP contribution >= 0.6 is 0 Å². The fourth-order valence-electron chi connectivity index (χ4n) is 1.44. The van der Waals surface area contributed by atoms with Crippen molar-refractivity contribution in [2.75, 3.05) is 0 Å². The molecule has 0 aromatic carbocycles. The minimum absolute atomic E-state index is 0.609. The highest BCUT2D eigenvalue weighted by Crippen LogP contribution is 2.16. The topological polar surface area (TPSA) is 12.4 Å². The van der Waals surface area contributed by atoms with Crippen LogP contribution in [-0.2, 0) is 0 Å². The summed E-state index contributed by atoms with van der Waals surface area (Å²) in [4.78, 5) is 4.75. The first-order chi connectivity index (χ1) is 7.02. The number of aliphatic imine (C=N–C) groups is 1. The van der Waals surface area contributed by atoms with Crippen LogP contribution in [0.1, 0.15) is 67.2 Å². The molecule has 0 aliphatic carbocycles. The van der Waals surface area contributed by atoms with Crippen LogP contribution in [0.5, 0.6) is 0 Å². The highest BCUT2D eigenvalue weighted by atomic mass is 14.8. The summed E-state index contributed by atoms with van der Waals surface area (Å²) in [7, 11) is 0. The molecule has 0 aromatic heterocycles. The van der Waals surface area contributed by atoms with Crippen molar-refractivity contribution in [3.8, 4) is 0 Å². The summed E-state index contributed by atoms with van der Waals surface area (Å²) in [5.41, 5.74) is 3.99. The Bertz CT molecular complexity index is 234. The van der Waals surface area contributed by atoms with E-state index in [-0.39, 0.29) is 0 Å². The summed E-state index contributed by atoms with van der Waals surface area (Å²) in [5.74, 6) is 0.609. The fraction of sp³-hybridized carbons (Fsp3) is 0.786. The molecule has 0 bridgehead atoms. The summed E-state index contributed by atoms with van der Waals surface area (Å²) in [6.07, 6.45) is 4.77. The van der Waals surface area contributed by atoms with E-state index in [0.29, 0.717) is 5.92 Å². The van der Waals surface area contributed by atoms with Crippen LogP contribution in [0.15, 0.2) is 16.3 Å². The van der Waals surface area contributed by atoms with Crippen LogP contribution in [0.3, 0.4) is 0 Å². The van der Waals surface area contributed by atoms with E-state index in [1.54, 1.807) is 0 Å². The van der Waals surface area contributed by atoms with Gasteiger partial charge in [-0.1, -0.05) is 34.1 Å². The number of hydrogen-bond acceptors (Lipinski definition) is 1. The van der Waals surface area contributed by atoms with Crippen molar-refractivity contribution in [1.29, 1.82) is 0 Å². The number of rotatable bonds is 6. The third kappa shape index (κ3) is 5.76. The molecule has 0 fully saturated rings. The lowest BCUT2D eigenvalue weighted by atomic mass is 10.0. The molecule has 0 saturated carbocycles. The van der Waals surface area contributed by atoms with Gasteiger partial charge >= 0.3 is 0 Å². The third-order valence-corrected chi connectivity index (χ3v) is 2.99. The van der Waals surface area contributed by atoms with E-state index in [1.807, 2.05) is 0 Å². The second-order valence-electron chi connectivity index (χ2n) is 4.56. The molecule has 88 valence electrons. The van der Waals surface area contributed by atoms with Gasteiger partial charge in [0.15, 0.2) is 0 Å². The Hall–Kier alpha value is -0.590. The first kappa shape index (κ1) is 14.4. The van der Waals surface area contributed by atoms with E-state index in [9.17, 15) is 0 Å². The Balaban J connectivity index is 4.60. The third-order valence-electron chi connectivity index (χ3n) is 2.99. The van der Waals surface area contributed by atoms with Crippen LogP contribution < -0.4 is 0 Å². The van der Waals surface area contributed by atoms with Crippen LogP contribution in [0.25, 0.3) is 0 Å². The van der Waals surface area contributed by atoms with Crippen molar-refractivity contribution in [2.45, 2.75) is 67.2 Å². The molecule has 0 unspecified atom stereocenters. The summed E-state index contributed by atoms with van der Waals surface area (Å²) in [6, 6.07) is 0. The molecule has 0 atom stereocenters. The molecule has 1 nitrogen and oxygen atoms in total. The fourth-order valence-corrected chi connectivity index (χ4v) is 1.44. The molecule has 0 aliphatic heterocycles. The molecule has 0 aliphatic rings. The van der Waals surface area contributed by atoms with Gasteiger partial charge in [-0.3, -0.25) is 4.99 Å². The Morgan fingerprint density at radius 1 is 1.13 bits per heavy atom. The first-order valence-corrected chi connectivity index (χ1v) is 6.26. The molecule has 0 aromatic rings. The Labute approximate surface area is 95.7 Å². The van der Waals surface area contributed by atoms with Crippen molar-refractivity contribution < 1.29 is 0 Å². The van der Waals surface area contributed by atoms with E-state index in [4.69, 9.17) is 4.99 Å². The van der Waals surface area contributed by atoms with Crippen molar-refractivity contribution in [3.63, 3.8) is 0 Å². The SMILES string of the molecule is CCCCC(CC)=N/C(C)=C(\C)C(C)C. The van der Waals surface area contributed by atoms with Crippen LogP contribution in [0.4, 0.5) is 0 Å². The molecule has 15 heavy (non-hydrogen) atoms. The highest BCUT2D eigenvalue weighted by molar-refractivity contribution is 5.85. The van der Waals surface area contributed by atoms with Gasteiger partial charge in [0.2, 0.25) is 0 Å². The van der Waals surface area contributed by atoms with Crippen molar-refractivity contribution in [2.24, 2.45) is 10.9 Å². The molecule has 0 amide bonds. The van der Waals surface area contributed by atoms with Gasteiger partial charge in [-0.2, -0.15) is 0 Å². The van der Waals surface area contributed by atoms with Gasteiger partial charge in [-0.05, 0) is 44.6 Å². The zero-order chi connectivity index (χ0) is 11.8. The van der Waals surface area contributed by atoms with Crippen molar-refractivity contribution in [3.05, 3.63) is 11.3 Å². The lowest BCUT2D eigenvalue weighted by Crippen LogP contribution is -1.99. The van der Waals surface area contributed by atoms with Gasteiger partial charge in [0.25, 0.3) is 0 Å². The molecule has 0 heterocycles. The second kappa shape index (κ2) is 7.67. The van der Waals surface area contributed by atoms with Gasteiger partial charge in [-0.15, -0.1) is 0 Å². The van der Waals surface area contributed by atoms with Crippen LogP contribution in [0.2, 0.25) is 0 Å². The number of unbranched alkanes of at least 4 members (excludes halogenated alkanes) is 1. The average molecular weight is 209 g/mol. The first-order valence-electron chi connectivity index (χ1n) is 6.26. The molecule has 1 heteroatoms. The maximum absolute atomic E-state index is 4.75. The van der Waals surface area contributed by atoms with Crippen LogP contribution in [-0.4, -0.2) is 5.71 Å². The molecule has 0 saturated heterocycles. The predicted octanol–water partition coefficient (Wildman–Crippen LogP) is 4.98. The van der Waals surface area contributed by atoms with E-state index in [1.165, 1.54) is 29.8 Å². The standard InChI is InChI=1S/C14H27N/c1-7-9-10-14(8-2)15-13(6)12(5)11(3)4/h11H,7-10H2,1-6H3/b13-12+,15-14?. The summed E-state index contributed by atoms with van der Waals surface area (Å²) in [6.45, 7) is 13.2. The number of hydrogen-bond donors (Lipinski definition) is 0. The smallest absolute Gasteiger partial charge is 0.0363 e. The Morgan fingerprint density at radius 2 is 1.73 bits per heavy atom. The zero-order valence-corrected chi connectivity index (χ0v) is 11.4. The largest absolute Gasteiger partial charge is 0.263 e. The quantitative estimate of drug-likeness (QED) is 0.547. The van der Waals surface area contributed by atoms with Gasteiger partial charge in [-0.25, -0.2) is 0 Å². The Morgan fingerprint density at radius 3 is 2.13 bits per heavy atom. The normalized spacial score (nSPS) is 14.5. The lowest BCUT2D eigenvalue weighted by molar-refractivity contribution is 0.752. The molecular formula is C14H27N. The zero-order valence-electron chi connectivity index (χ0n) is 11.4. The summed E-state index contributed by atoms with van der Waals surface area (Å²) < 4.78 is 0. The van der Waals surface area contributed by atoms with Gasteiger partial charge in [0.1, 0.15) is 0 Å². The predicted molar refractivity (Wildman–Crippen MR) is 70.5 cm³/mol. The van der Waals surface area contributed by atoms with Crippen LogP contribution in [0, 0.1) is 5.92 Å². The molecule has 0 rings (SSSR count). The lowest BCUT2D eigenvalue weighted by Gasteiger charge is -2.09. The summed E-state index contributed by atoms with van der Waals surface area (Å²) in [5, 5.41) is 0. The molecular weight excluding hydrogens is 182 g/mol. The minimum atomic E-state index is 0.609. The number of allylic oxidation sites excluding steroid dienone is 2. The molecule has 0 spiro atoms. The summed E-state index contributed by atoms with van der Waals surface area (Å²) >= 11 is 0. The monoisotopic (exact) mass is 209 g/mol. The van der Waals surface area contributed by atoms with E-state index >= 15 is 0 Å². The second-order valence-corrected chi connectivity index (χ2v) is 4.56. The van der Waals surface area contributed by atoms with Crippen molar-refractivity contribution in [1.82, 2.24) is 0 Å². The van der Waals surface area contributed by atoms with Gasteiger partial charge in [0, 0.05) is 11.4 Å². The Kier molecular flexibility index (Phi) is 7.37. The highest BCUT2D eigenvalue weighted by Gasteiger charge is 2.02. The van der Waals surface area contributed by atoms with E-state index in [2.05, 4.69) is 41.5 Å².